The van der Waals surface area contributed by atoms with Crippen molar-refractivity contribution in [2.24, 2.45) is 5.73 Å². The van der Waals surface area contributed by atoms with E-state index in [1.54, 1.807) is 26.0 Å². The number of amides is 1. The van der Waals surface area contributed by atoms with Crippen LogP contribution in [-0.2, 0) is 14.3 Å². The van der Waals surface area contributed by atoms with Crippen molar-refractivity contribution in [3.8, 4) is 0 Å². The molecule has 28 heavy (non-hydrogen) atoms. The molecule has 0 spiro atoms. The first-order valence-corrected chi connectivity index (χ1v) is 10.2. The van der Waals surface area contributed by atoms with Crippen LogP contribution in [0, 0.1) is 9.39 Å². The summed E-state index contributed by atoms with van der Waals surface area (Å²) in [5.41, 5.74) is 5.97. The third-order valence-electron chi connectivity index (χ3n) is 3.92. The second kappa shape index (κ2) is 8.57. The second-order valence-corrected chi connectivity index (χ2v) is 8.58. The number of pyridine rings is 1. The number of hydrogen-bond donors (Lipinski definition) is 1. The summed E-state index contributed by atoms with van der Waals surface area (Å²) in [5, 5.41) is 1.21. The molecule has 10 heteroatoms. The molecule has 3 rings (SSSR count). The minimum atomic E-state index is -0.718. The van der Waals surface area contributed by atoms with Gasteiger partial charge in [-0.05, 0) is 76.6 Å². The molecule has 0 saturated carbocycles. The van der Waals surface area contributed by atoms with E-state index in [4.69, 9.17) is 20.0 Å². The van der Waals surface area contributed by atoms with E-state index in [2.05, 4.69) is 20.9 Å². The van der Waals surface area contributed by atoms with Gasteiger partial charge in [0.25, 0.3) is 5.91 Å². The summed E-state index contributed by atoms with van der Waals surface area (Å²) in [6.07, 6.45) is 1.03. The van der Waals surface area contributed by atoms with Crippen LogP contribution in [-0.4, -0.2) is 36.0 Å². The van der Waals surface area contributed by atoms with E-state index in [1.165, 1.54) is 23.4 Å². The third-order valence-corrected chi connectivity index (χ3v) is 5.02. The summed E-state index contributed by atoms with van der Waals surface area (Å²) >= 11 is 5.22. The van der Waals surface area contributed by atoms with Crippen molar-refractivity contribution in [1.82, 2.24) is 4.98 Å². The monoisotopic (exact) mass is 565 g/mol. The van der Waals surface area contributed by atoms with Gasteiger partial charge in [-0.15, -0.1) is 0 Å². The predicted octanol–water partition coefficient (Wildman–Crippen LogP) is 3.91. The zero-order chi connectivity index (χ0) is 20.5. The number of anilines is 2. The summed E-state index contributed by atoms with van der Waals surface area (Å²) in [7, 11) is 0. The first-order chi connectivity index (χ1) is 13.2. The lowest BCUT2D eigenvalue weighted by Crippen LogP contribution is -2.30. The molecule has 2 heterocycles. The second-order valence-electron chi connectivity index (χ2n) is 6.52. The molecule has 1 aliphatic heterocycles. The van der Waals surface area contributed by atoms with Crippen molar-refractivity contribution in [2.75, 3.05) is 18.3 Å². The first-order valence-electron chi connectivity index (χ1n) is 8.31. The van der Waals surface area contributed by atoms with Gasteiger partial charge in [-0.3, -0.25) is 9.63 Å². The third kappa shape index (κ3) is 4.98. The molecule has 150 valence electrons. The molecule has 1 fully saturated rings. The molecule has 1 aromatic carbocycles. The van der Waals surface area contributed by atoms with Crippen molar-refractivity contribution in [2.45, 2.75) is 25.7 Å². The van der Waals surface area contributed by atoms with Crippen LogP contribution in [0.4, 0.5) is 15.8 Å². The minimum Gasteiger partial charge on any atom is -0.366 e. The van der Waals surface area contributed by atoms with Gasteiger partial charge in [0.1, 0.15) is 34.5 Å². The fourth-order valence-corrected chi connectivity index (χ4v) is 3.48. The van der Waals surface area contributed by atoms with Crippen LogP contribution in [0.25, 0.3) is 0 Å². The molecule has 7 nitrogen and oxygen atoms in total. The number of aromatic nitrogens is 1. The fourth-order valence-electron chi connectivity index (χ4n) is 2.70. The summed E-state index contributed by atoms with van der Waals surface area (Å²) in [4.78, 5) is 21.9. The zero-order valence-electron chi connectivity index (χ0n) is 15.1. The normalized spacial score (nSPS) is 18.2. The predicted molar refractivity (Wildman–Crippen MR) is 113 cm³/mol. The molecular weight excluding hydrogens is 548 g/mol. The van der Waals surface area contributed by atoms with Crippen molar-refractivity contribution >= 4 is 55.8 Å². The number of hydrogen-bond acceptors (Lipinski definition) is 6. The molecule has 0 radical (unpaired) electrons. The molecule has 2 N–H and O–H groups in total. The fraction of sp³-hybridized carbons (Fsp3) is 0.333. The summed E-state index contributed by atoms with van der Waals surface area (Å²) < 4.78 is 27.1. The highest BCUT2D eigenvalue weighted by Gasteiger charge is 2.34. The average Bonchev–Trinajstić information content (AvgIpc) is 2.96. The maximum absolute atomic E-state index is 14.7. The Balaban J connectivity index is 1.97. The SMILES string of the molecule is CC1(C)OC[C@H](CON(c2ccc(I)cc2F)c2cnc(Br)cc2C(N)=O)O1. The van der Waals surface area contributed by atoms with E-state index in [0.717, 1.165) is 3.57 Å². The van der Waals surface area contributed by atoms with Gasteiger partial charge in [-0.1, -0.05) is 0 Å². The number of nitrogens with zero attached hydrogens (tertiary/aromatic N) is 2. The Morgan fingerprint density at radius 3 is 2.82 bits per heavy atom. The molecule has 1 amide bonds. The van der Waals surface area contributed by atoms with E-state index < -0.39 is 17.5 Å². The molecule has 0 bridgehead atoms. The zero-order valence-corrected chi connectivity index (χ0v) is 18.9. The summed E-state index contributed by atoms with van der Waals surface area (Å²) in [6, 6.07) is 6.10. The molecule has 1 atom stereocenters. The maximum Gasteiger partial charge on any atom is 0.251 e. The largest absolute Gasteiger partial charge is 0.366 e. The Hall–Kier alpha value is -1.34. The van der Waals surface area contributed by atoms with Crippen molar-refractivity contribution in [1.29, 1.82) is 0 Å². The van der Waals surface area contributed by atoms with Gasteiger partial charge >= 0.3 is 0 Å². The van der Waals surface area contributed by atoms with Crippen LogP contribution < -0.4 is 10.8 Å². The smallest absolute Gasteiger partial charge is 0.251 e. The van der Waals surface area contributed by atoms with Crippen LogP contribution in [0.5, 0.6) is 0 Å². The van der Waals surface area contributed by atoms with Crippen LogP contribution in [0.1, 0.15) is 24.2 Å². The van der Waals surface area contributed by atoms with Gasteiger partial charge in [0.2, 0.25) is 0 Å². The molecule has 1 aromatic heterocycles. The van der Waals surface area contributed by atoms with Crippen LogP contribution in [0.2, 0.25) is 0 Å². The Labute approximate surface area is 183 Å². The molecule has 1 saturated heterocycles. The minimum absolute atomic E-state index is 0.0725. The Morgan fingerprint density at radius 1 is 1.46 bits per heavy atom. The van der Waals surface area contributed by atoms with Gasteiger partial charge in [0.15, 0.2) is 5.79 Å². The number of carbonyl (C=O) groups excluding carboxylic acids is 1. The summed E-state index contributed by atoms with van der Waals surface area (Å²) in [5.74, 6) is -1.93. The average molecular weight is 566 g/mol. The topological polar surface area (TPSA) is 86.9 Å². The van der Waals surface area contributed by atoms with Gasteiger partial charge < -0.3 is 15.2 Å². The molecule has 0 aliphatic carbocycles. The van der Waals surface area contributed by atoms with Crippen LogP contribution in [0.15, 0.2) is 35.1 Å². The molecular formula is C18H18BrFIN3O4. The number of nitrogens with two attached hydrogens (primary N) is 1. The number of rotatable bonds is 6. The van der Waals surface area contributed by atoms with Crippen molar-refractivity contribution < 1.29 is 23.5 Å². The first kappa shape index (κ1) is 21.4. The highest BCUT2D eigenvalue weighted by molar-refractivity contribution is 14.1. The standard InChI is InChI=1S/C18H18BrFIN3O4/c1-18(2)26-8-11(28-18)9-27-24(14-4-3-10(21)5-13(14)20)15-7-23-16(19)6-12(15)17(22)25/h3-7,11H,8-9H2,1-2H3,(H2,22,25)/t11-/m1/s1. The van der Waals surface area contributed by atoms with Gasteiger partial charge in [0, 0.05) is 3.57 Å². The lowest BCUT2D eigenvalue weighted by atomic mass is 10.2. The van der Waals surface area contributed by atoms with E-state index in [-0.39, 0.29) is 29.6 Å². The quantitative estimate of drug-likeness (QED) is 0.325. The number of ether oxygens (including phenoxy) is 2. The maximum atomic E-state index is 14.7. The highest BCUT2D eigenvalue weighted by atomic mass is 127. The van der Waals surface area contributed by atoms with Gasteiger partial charge in [-0.25, -0.2) is 14.4 Å². The number of primary amides is 1. The van der Waals surface area contributed by atoms with Crippen molar-refractivity contribution in [3.63, 3.8) is 0 Å². The Kier molecular flexibility index (Phi) is 6.54. The molecule has 0 unspecified atom stereocenters. The van der Waals surface area contributed by atoms with E-state index in [9.17, 15) is 9.18 Å². The Bertz CT molecular complexity index is 899. The van der Waals surface area contributed by atoms with Crippen molar-refractivity contribution in [3.05, 3.63) is 50.0 Å². The number of benzene rings is 1. The lowest BCUT2D eigenvalue weighted by molar-refractivity contribution is -0.145. The number of carbonyl (C=O) groups is 1. The van der Waals surface area contributed by atoms with Crippen LogP contribution in [0.3, 0.4) is 0 Å². The van der Waals surface area contributed by atoms with Gasteiger partial charge in [-0.2, -0.15) is 0 Å². The molecule has 2 aromatic rings. The van der Waals surface area contributed by atoms with E-state index in [0.29, 0.717) is 11.2 Å². The molecule has 1 aliphatic rings. The van der Waals surface area contributed by atoms with E-state index >= 15 is 0 Å². The Morgan fingerprint density at radius 2 is 2.21 bits per heavy atom. The summed E-state index contributed by atoms with van der Waals surface area (Å²) in [6.45, 7) is 4.00. The van der Waals surface area contributed by atoms with Gasteiger partial charge in [0.05, 0.1) is 18.4 Å². The van der Waals surface area contributed by atoms with E-state index in [1.807, 2.05) is 22.6 Å². The lowest BCUT2D eigenvalue weighted by Gasteiger charge is -2.27. The highest BCUT2D eigenvalue weighted by Crippen LogP contribution is 2.33. The van der Waals surface area contributed by atoms with Crippen LogP contribution >= 0.6 is 38.5 Å². The number of halogens is 3.